The van der Waals surface area contributed by atoms with Gasteiger partial charge in [0, 0.05) is 19.1 Å². The third-order valence-electron chi connectivity index (χ3n) is 1.98. The molecule has 1 fully saturated rings. The minimum Gasteiger partial charge on any atom is -0.312 e. The van der Waals surface area contributed by atoms with E-state index in [1.54, 1.807) is 4.57 Å². The SMILES string of the molecule is O=c1[nH]ncn1CCNC1CC1. The van der Waals surface area contributed by atoms with E-state index in [9.17, 15) is 4.79 Å². The van der Waals surface area contributed by atoms with Crippen molar-refractivity contribution in [1.82, 2.24) is 20.1 Å². The van der Waals surface area contributed by atoms with Crippen LogP contribution >= 0.6 is 0 Å². The molecule has 1 aromatic rings. The molecule has 0 aromatic carbocycles. The summed E-state index contributed by atoms with van der Waals surface area (Å²) in [6, 6.07) is 0.701. The average Bonchev–Trinajstić information content (AvgIpc) is 2.78. The summed E-state index contributed by atoms with van der Waals surface area (Å²) >= 11 is 0. The second-order valence-corrected chi connectivity index (χ2v) is 3.08. The van der Waals surface area contributed by atoms with Crippen LogP contribution in [0.15, 0.2) is 11.1 Å². The first-order chi connectivity index (χ1) is 5.86. The molecule has 0 radical (unpaired) electrons. The van der Waals surface area contributed by atoms with Crippen LogP contribution in [0.3, 0.4) is 0 Å². The van der Waals surface area contributed by atoms with Crippen molar-refractivity contribution in [3.63, 3.8) is 0 Å². The highest BCUT2D eigenvalue weighted by Gasteiger charge is 2.19. The summed E-state index contributed by atoms with van der Waals surface area (Å²) in [7, 11) is 0. The largest absolute Gasteiger partial charge is 0.343 e. The lowest BCUT2D eigenvalue weighted by Crippen LogP contribution is -2.26. The average molecular weight is 168 g/mol. The van der Waals surface area contributed by atoms with Crippen LogP contribution in [0.2, 0.25) is 0 Å². The molecule has 0 aliphatic heterocycles. The fourth-order valence-electron chi connectivity index (χ4n) is 1.11. The Labute approximate surface area is 69.8 Å². The quantitative estimate of drug-likeness (QED) is 0.626. The molecule has 2 N–H and O–H groups in total. The van der Waals surface area contributed by atoms with Crippen molar-refractivity contribution in [2.45, 2.75) is 25.4 Å². The van der Waals surface area contributed by atoms with Gasteiger partial charge in [0.2, 0.25) is 0 Å². The smallest absolute Gasteiger partial charge is 0.312 e. The first-order valence-electron chi connectivity index (χ1n) is 4.19. The summed E-state index contributed by atoms with van der Waals surface area (Å²) in [5.74, 6) is 0. The Morgan fingerprint density at radius 3 is 3.17 bits per heavy atom. The zero-order valence-corrected chi connectivity index (χ0v) is 6.79. The molecule has 1 aliphatic carbocycles. The first kappa shape index (κ1) is 7.54. The Hall–Kier alpha value is -1.10. The molecule has 0 unspecified atom stereocenters. The maximum absolute atomic E-state index is 10.9. The summed E-state index contributed by atoms with van der Waals surface area (Å²) in [4.78, 5) is 10.9. The summed E-state index contributed by atoms with van der Waals surface area (Å²) in [6.07, 6.45) is 4.08. The Bertz CT molecular complexity index is 298. The summed E-state index contributed by atoms with van der Waals surface area (Å²) in [5.41, 5.74) is -0.132. The summed E-state index contributed by atoms with van der Waals surface area (Å²) in [6.45, 7) is 1.55. The van der Waals surface area contributed by atoms with E-state index in [0.29, 0.717) is 12.6 Å². The lowest BCUT2D eigenvalue weighted by Gasteiger charge is -2.00. The van der Waals surface area contributed by atoms with Gasteiger partial charge in [0.1, 0.15) is 6.33 Å². The minimum atomic E-state index is -0.132. The predicted octanol–water partition coefficient (Wildman–Crippen LogP) is -0.677. The van der Waals surface area contributed by atoms with Crippen LogP contribution in [0.1, 0.15) is 12.8 Å². The molecule has 1 aliphatic rings. The maximum atomic E-state index is 10.9. The second-order valence-electron chi connectivity index (χ2n) is 3.08. The van der Waals surface area contributed by atoms with Crippen LogP contribution in [0.25, 0.3) is 0 Å². The van der Waals surface area contributed by atoms with Crippen molar-refractivity contribution in [2.75, 3.05) is 6.54 Å². The monoisotopic (exact) mass is 168 g/mol. The van der Waals surface area contributed by atoms with E-state index in [1.165, 1.54) is 19.2 Å². The Morgan fingerprint density at radius 2 is 2.58 bits per heavy atom. The summed E-state index contributed by atoms with van der Waals surface area (Å²) < 4.78 is 1.56. The molecule has 0 atom stereocenters. The standard InChI is InChI=1S/C7H12N4O/c12-7-10-9-5-11(7)4-3-8-6-1-2-6/h5-6,8H,1-4H2,(H,10,12). The van der Waals surface area contributed by atoms with Crippen LogP contribution in [-0.4, -0.2) is 27.4 Å². The first-order valence-corrected chi connectivity index (χ1v) is 4.19. The van der Waals surface area contributed by atoms with Gasteiger partial charge in [-0.2, -0.15) is 5.10 Å². The van der Waals surface area contributed by atoms with E-state index in [1.807, 2.05) is 0 Å². The van der Waals surface area contributed by atoms with Gasteiger partial charge in [-0.15, -0.1) is 0 Å². The van der Waals surface area contributed by atoms with Crippen LogP contribution in [0, 0.1) is 0 Å². The Kier molecular flexibility index (Phi) is 1.95. The van der Waals surface area contributed by atoms with Crippen molar-refractivity contribution in [3.8, 4) is 0 Å². The second kappa shape index (κ2) is 3.10. The van der Waals surface area contributed by atoms with E-state index in [0.717, 1.165) is 6.54 Å². The molecule has 0 bridgehead atoms. The molecule has 0 spiro atoms. The van der Waals surface area contributed by atoms with Crippen molar-refractivity contribution in [2.24, 2.45) is 0 Å². The fourth-order valence-corrected chi connectivity index (χ4v) is 1.11. The molecule has 5 nitrogen and oxygen atoms in total. The normalized spacial score (nSPS) is 16.7. The number of nitrogens with zero attached hydrogens (tertiary/aromatic N) is 2. The van der Waals surface area contributed by atoms with Crippen LogP contribution < -0.4 is 11.0 Å². The number of H-pyrrole nitrogens is 1. The number of hydrogen-bond acceptors (Lipinski definition) is 3. The van der Waals surface area contributed by atoms with E-state index >= 15 is 0 Å². The Balaban J connectivity index is 1.78. The van der Waals surface area contributed by atoms with Gasteiger partial charge in [-0.1, -0.05) is 0 Å². The van der Waals surface area contributed by atoms with Gasteiger partial charge in [-0.25, -0.2) is 9.89 Å². The van der Waals surface area contributed by atoms with Gasteiger partial charge in [-0.05, 0) is 12.8 Å². The molecule has 2 rings (SSSR count). The molecule has 1 aromatic heterocycles. The molecule has 0 amide bonds. The number of aromatic amines is 1. The van der Waals surface area contributed by atoms with Crippen molar-refractivity contribution in [1.29, 1.82) is 0 Å². The van der Waals surface area contributed by atoms with Gasteiger partial charge in [0.05, 0.1) is 0 Å². The fraction of sp³-hybridized carbons (Fsp3) is 0.714. The molecule has 66 valence electrons. The highest BCUT2D eigenvalue weighted by molar-refractivity contribution is 4.80. The topological polar surface area (TPSA) is 62.7 Å². The number of hydrogen-bond donors (Lipinski definition) is 2. The van der Waals surface area contributed by atoms with E-state index in [4.69, 9.17) is 0 Å². The van der Waals surface area contributed by atoms with Gasteiger partial charge < -0.3 is 5.32 Å². The third kappa shape index (κ3) is 1.73. The molecule has 1 saturated carbocycles. The molecule has 5 heteroatoms. The zero-order valence-electron chi connectivity index (χ0n) is 6.79. The molecular formula is C7H12N4O. The predicted molar refractivity (Wildman–Crippen MR) is 43.9 cm³/mol. The van der Waals surface area contributed by atoms with Crippen molar-refractivity contribution < 1.29 is 0 Å². The van der Waals surface area contributed by atoms with Gasteiger partial charge in [0.15, 0.2) is 0 Å². The van der Waals surface area contributed by atoms with Gasteiger partial charge in [0.25, 0.3) is 0 Å². The molecule has 12 heavy (non-hydrogen) atoms. The molecular weight excluding hydrogens is 156 g/mol. The van der Waals surface area contributed by atoms with Gasteiger partial charge in [-0.3, -0.25) is 4.57 Å². The molecule has 0 saturated heterocycles. The van der Waals surface area contributed by atoms with E-state index in [-0.39, 0.29) is 5.69 Å². The third-order valence-corrected chi connectivity index (χ3v) is 1.98. The van der Waals surface area contributed by atoms with Crippen LogP contribution in [-0.2, 0) is 6.54 Å². The van der Waals surface area contributed by atoms with Crippen molar-refractivity contribution >= 4 is 0 Å². The lowest BCUT2D eigenvalue weighted by atomic mass is 10.5. The van der Waals surface area contributed by atoms with Crippen LogP contribution in [0.4, 0.5) is 0 Å². The number of aromatic nitrogens is 3. The van der Waals surface area contributed by atoms with Gasteiger partial charge >= 0.3 is 5.69 Å². The van der Waals surface area contributed by atoms with E-state index in [2.05, 4.69) is 15.5 Å². The maximum Gasteiger partial charge on any atom is 0.343 e. The van der Waals surface area contributed by atoms with Crippen LogP contribution in [0.5, 0.6) is 0 Å². The molecule has 1 heterocycles. The zero-order chi connectivity index (χ0) is 8.39. The van der Waals surface area contributed by atoms with E-state index < -0.39 is 0 Å². The van der Waals surface area contributed by atoms with Crippen molar-refractivity contribution in [3.05, 3.63) is 16.8 Å². The Morgan fingerprint density at radius 1 is 1.75 bits per heavy atom. The minimum absolute atomic E-state index is 0.132. The highest BCUT2D eigenvalue weighted by atomic mass is 16.1. The lowest BCUT2D eigenvalue weighted by molar-refractivity contribution is 0.583. The number of nitrogens with one attached hydrogen (secondary N) is 2. The number of rotatable bonds is 4. The summed E-state index contributed by atoms with van der Waals surface area (Å²) in [5, 5.41) is 9.31. The highest BCUT2D eigenvalue weighted by Crippen LogP contribution is 2.17.